The van der Waals surface area contributed by atoms with E-state index in [0.29, 0.717) is 5.69 Å². The van der Waals surface area contributed by atoms with Crippen molar-refractivity contribution < 1.29 is 9.90 Å². The van der Waals surface area contributed by atoms with Crippen LogP contribution in [0.2, 0.25) is 0 Å². The van der Waals surface area contributed by atoms with Gasteiger partial charge < -0.3 is 10.4 Å². The van der Waals surface area contributed by atoms with Gasteiger partial charge in [-0.25, -0.2) is 0 Å². The fourth-order valence-electron chi connectivity index (χ4n) is 1.82. The predicted octanol–water partition coefficient (Wildman–Crippen LogP) is 3.55. The number of carbonyl (C=O) groups excluding carboxylic acids is 1. The van der Waals surface area contributed by atoms with E-state index in [1.165, 1.54) is 11.0 Å². The molecule has 108 valence electrons. The smallest absolute Gasteiger partial charge is 0.248 e. The average molecular weight is 299 g/mol. The number of hydrogen-bond acceptors (Lipinski definition) is 3. The Balaban J connectivity index is 1.98. The van der Waals surface area contributed by atoms with Crippen LogP contribution >= 0.6 is 11.8 Å². The average Bonchev–Trinajstić information content (AvgIpc) is 2.53. The first kappa shape index (κ1) is 15.4. The van der Waals surface area contributed by atoms with Gasteiger partial charge in [0.1, 0.15) is 0 Å². The SMILES string of the molecule is CSc1ccc(/C=C/C(=O)Nc2cccc(CO)c2)cc1. The maximum absolute atomic E-state index is 11.8. The lowest BCUT2D eigenvalue weighted by Crippen LogP contribution is -2.07. The zero-order chi connectivity index (χ0) is 15.1. The van der Waals surface area contributed by atoms with E-state index in [0.717, 1.165) is 11.1 Å². The van der Waals surface area contributed by atoms with Crippen LogP contribution in [0.15, 0.2) is 59.5 Å². The van der Waals surface area contributed by atoms with Gasteiger partial charge in [0.15, 0.2) is 0 Å². The Morgan fingerprint density at radius 2 is 2.00 bits per heavy atom. The lowest BCUT2D eigenvalue weighted by atomic mass is 10.2. The van der Waals surface area contributed by atoms with Crippen LogP contribution in [-0.2, 0) is 11.4 Å². The molecule has 2 aromatic rings. The molecule has 2 rings (SSSR count). The third-order valence-corrected chi connectivity index (χ3v) is 3.66. The van der Waals surface area contributed by atoms with Gasteiger partial charge in [0.05, 0.1) is 6.61 Å². The van der Waals surface area contributed by atoms with Crippen LogP contribution in [0.5, 0.6) is 0 Å². The van der Waals surface area contributed by atoms with Crippen molar-refractivity contribution in [2.24, 2.45) is 0 Å². The number of carbonyl (C=O) groups is 1. The van der Waals surface area contributed by atoms with Crippen LogP contribution < -0.4 is 5.32 Å². The molecule has 0 spiro atoms. The zero-order valence-corrected chi connectivity index (χ0v) is 12.6. The molecule has 0 fully saturated rings. The van der Waals surface area contributed by atoms with Crippen LogP contribution in [-0.4, -0.2) is 17.3 Å². The second-order valence-corrected chi connectivity index (χ2v) is 5.33. The Labute approximate surface area is 128 Å². The largest absolute Gasteiger partial charge is 0.392 e. The number of hydrogen-bond donors (Lipinski definition) is 2. The summed E-state index contributed by atoms with van der Waals surface area (Å²) in [7, 11) is 0. The van der Waals surface area contributed by atoms with E-state index < -0.39 is 0 Å². The van der Waals surface area contributed by atoms with E-state index >= 15 is 0 Å². The van der Waals surface area contributed by atoms with Crippen molar-refractivity contribution in [2.75, 3.05) is 11.6 Å². The highest BCUT2D eigenvalue weighted by atomic mass is 32.2. The molecule has 0 aliphatic carbocycles. The molecule has 0 aliphatic rings. The molecule has 0 saturated carbocycles. The van der Waals surface area contributed by atoms with Crippen LogP contribution in [0.3, 0.4) is 0 Å². The molecule has 3 nitrogen and oxygen atoms in total. The molecule has 0 bridgehead atoms. The van der Waals surface area contributed by atoms with E-state index in [9.17, 15) is 4.79 Å². The van der Waals surface area contributed by atoms with Crippen LogP contribution in [0.4, 0.5) is 5.69 Å². The van der Waals surface area contributed by atoms with Crippen molar-refractivity contribution in [3.63, 3.8) is 0 Å². The highest BCUT2D eigenvalue weighted by molar-refractivity contribution is 7.98. The molecule has 0 heterocycles. The molecule has 0 unspecified atom stereocenters. The molecule has 4 heteroatoms. The summed E-state index contributed by atoms with van der Waals surface area (Å²) in [6, 6.07) is 15.1. The molecule has 2 N–H and O–H groups in total. The number of aliphatic hydroxyl groups excluding tert-OH is 1. The van der Waals surface area contributed by atoms with Crippen molar-refractivity contribution in [1.29, 1.82) is 0 Å². The third kappa shape index (κ3) is 4.77. The number of rotatable bonds is 5. The molecule has 0 saturated heterocycles. The van der Waals surface area contributed by atoms with Gasteiger partial charge in [0.2, 0.25) is 5.91 Å². The third-order valence-electron chi connectivity index (χ3n) is 2.92. The van der Waals surface area contributed by atoms with Crippen LogP contribution in [0.1, 0.15) is 11.1 Å². The van der Waals surface area contributed by atoms with Gasteiger partial charge in [-0.1, -0.05) is 24.3 Å². The summed E-state index contributed by atoms with van der Waals surface area (Å²) < 4.78 is 0. The maximum atomic E-state index is 11.8. The number of aliphatic hydroxyl groups is 1. The Morgan fingerprint density at radius 1 is 1.24 bits per heavy atom. The molecule has 0 atom stereocenters. The number of anilines is 1. The molecule has 0 aromatic heterocycles. The minimum atomic E-state index is -0.195. The highest BCUT2D eigenvalue weighted by Gasteiger charge is 1.99. The summed E-state index contributed by atoms with van der Waals surface area (Å²) in [4.78, 5) is 13.0. The first-order valence-electron chi connectivity index (χ1n) is 6.54. The quantitative estimate of drug-likeness (QED) is 0.655. The zero-order valence-electron chi connectivity index (χ0n) is 11.7. The van der Waals surface area contributed by atoms with Gasteiger partial charge in [-0.05, 0) is 47.7 Å². The second kappa shape index (κ2) is 7.67. The minimum Gasteiger partial charge on any atom is -0.392 e. The van der Waals surface area contributed by atoms with Crippen molar-refractivity contribution in [3.05, 3.63) is 65.7 Å². The summed E-state index contributed by atoms with van der Waals surface area (Å²) in [6.07, 6.45) is 5.30. The lowest BCUT2D eigenvalue weighted by molar-refractivity contribution is -0.111. The number of amides is 1. The van der Waals surface area contributed by atoms with E-state index in [1.807, 2.05) is 30.5 Å². The number of benzene rings is 2. The fourth-order valence-corrected chi connectivity index (χ4v) is 2.23. The van der Waals surface area contributed by atoms with Crippen LogP contribution in [0, 0.1) is 0 Å². The summed E-state index contributed by atoms with van der Waals surface area (Å²) in [6.45, 7) is -0.0403. The molecule has 1 amide bonds. The Bertz CT molecular complexity index is 635. The molecule has 2 aromatic carbocycles. The molecule has 0 aliphatic heterocycles. The van der Waals surface area contributed by atoms with Crippen molar-refractivity contribution in [3.8, 4) is 0 Å². The van der Waals surface area contributed by atoms with E-state index in [1.54, 1.807) is 42.1 Å². The maximum Gasteiger partial charge on any atom is 0.248 e. The normalized spacial score (nSPS) is 10.8. The summed E-state index contributed by atoms with van der Waals surface area (Å²) in [5, 5.41) is 11.8. The van der Waals surface area contributed by atoms with Crippen molar-refractivity contribution in [2.45, 2.75) is 11.5 Å². The van der Waals surface area contributed by atoms with E-state index in [4.69, 9.17) is 5.11 Å². The van der Waals surface area contributed by atoms with Gasteiger partial charge in [-0.3, -0.25) is 4.79 Å². The van der Waals surface area contributed by atoms with Gasteiger partial charge in [0.25, 0.3) is 0 Å². The summed E-state index contributed by atoms with van der Waals surface area (Å²) >= 11 is 1.68. The number of thioether (sulfide) groups is 1. The monoisotopic (exact) mass is 299 g/mol. The molecule has 0 radical (unpaired) electrons. The van der Waals surface area contributed by atoms with Crippen molar-refractivity contribution in [1.82, 2.24) is 0 Å². The minimum absolute atomic E-state index is 0.0403. The fraction of sp³-hybridized carbons (Fsp3) is 0.118. The van der Waals surface area contributed by atoms with E-state index in [2.05, 4.69) is 5.32 Å². The van der Waals surface area contributed by atoms with Gasteiger partial charge >= 0.3 is 0 Å². The summed E-state index contributed by atoms with van der Waals surface area (Å²) in [5.74, 6) is -0.195. The standard InChI is InChI=1S/C17H17NO2S/c1-21-16-8-5-13(6-9-16)7-10-17(20)18-15-4-2-3-14(11-15)12-19/h2-11,19H,12H2,1H3,(H,18,20)/b10-7+. The second-order valence-electron chi connectivity index (χ2n) is 4.45. The van der Waals surface area contributed by atoms with Crippen LogP contribution in [0.25, 0.3) is 6.08 Å². The topological polar surface area (TPSA) is 49.3 Å². The van der Waals surface area contributed by atoms with Gasteiger partial charge in [-0.15, -0.1) is 11.8 Å². The Kier molecular flexibility index (Phi) is 5.60. The summed E-state index contributed by atoms with van der Waals surface area (Å²) in [5.41, 5.74) is 2.42. The highest BCUT2D eigenvalue weighted by Crippen LogP contribution is 2.15. The Hall–Kier alpha value is -2.04. The molecular formula is C17H17NO2S. The van der Waals surface area contributed by atoms with Gasteiger partial charge in [-0.2, -0.15) is 0 Å². The first-order chi connectivity index (χ1) is 10.2. The first-order valence-corrected chi connectivity index (χ1v) is 7.76. The predicted molar refractivity (Wildman–Crippen MR) is 88.3 cm³/mol. The Morgan fingerprint density at radius 3 is 2.67 bits per heavy atom. The number of nitrogens with one attached hydrogen (secondary N) is 1. The van der Waals surface area contributed by atoms with Crippen molar-refractivity contribution >= 4 is 29.4 Å². The molecular weight excluding hydrogens is 282 g/mol. The van der Waals surface area contributed by atoms with E-state index in [-0.39, 0.29) is 12.5 Å². The molecule has 21 heavy (non-hydrogen) atoms. The lowest BCUT2D eigenvalue weighted by Gasteiger charge is -2.04. The van der Waals surface area contributed by atoms with Gasteiger partial charge in [0, 0.05) is 16.7 Å².